The number of hydrogen-bond donors (Lipinski definition) is 3. The number of epoxide rings is 1. The van der Waals surface area contributed by atoms with Crippen LogP contribution in [0.25, 0.3) is 0 Å². The Morgan fingerprint density at radius 2 is 1.63 bits per heavy atom. The molecule has 3 heterocycles. The van der Waals surface area contributed by atoms with E-state index in [0.29, 0.717) is 16.3 Å². The van der Waals surface area contributed by atoms with Gasteiger partial charge in [0.05, 0.1) is 23.7 Å². The number of nitrogens with zero attached hydrogens (tertiary/aromatic N) is 2. The second-order valence-electron chi connectivity index (χ2n) is 18.0. The molecule has 2 saturated heterocycles. The number of halogens is 1. The van der Waals surface area contributed by atoms with Gasteiger partial charge < -0.3 is 29.6 Å². The molecular weight excluding hydrogens is 792 g/mol. The molecule has 3 aliphatic heterocycles. The van der Waals surface area contributed by atoms with E-state index in [-0.39, 0.29) is 54.6 Å². The Labute approximate surface area is 360 Å². The van der Waals surface area contributed by atoms with E-state index in [1.54, 1.807) is 38.1 Å². The van der Waals surface area contributed by atoms with Crippen molar-refractivity contribution < 1.29 is 38.1 Å². The summed E-state index contributed by atoms with van der Waals surface area (Å²) < 4.78 is 23.5. The van der Waals surface area contributed by atoms with Gasteiger partial charge in [-0.2, -0.15) is 12.6 Å². The molecule has 0 saturated carbocycles. The van der Waals surface area contributed by atoms with E-state index in [9.17, 15) is 19.2 Å². The summed E-state index contributed by atoms with van der Waals surface area (Å²) in [6, 6.07) is 12.7. The predicted octanol–water partition coefficient (Wildman–Crippen LogP) is 5.95. The van der Waals surface area contributed by atoms with Crippen LogP contribution in [0.4, 0.5) is 0 Å². The zero-order chi connectivity index (χ0) is 43.1. The molecule has 0 unspecified atom stereocenters. The average Bonchev–Trinajstić information content (AvgIpc) is 3.97. The summed E-state index contributed by atoms with van der Waals surface area (Å²) in [6.07, 6.45) is 1.24. The summed E-state index contributed by atoms with van der Waals surface area (Å²) in [5, 5.41) is 5.96. The first-order chi connectivity index (χ1) is 27.8. The van der Waals surface area contributed by atoms with Crippen molar-refractivity contribution in [2.45, 2.75) is 109 Å². The highest BCUT2D eigenvalue weighted by atomic mass is 35.5. The number of cyclic esters (lactones) is 2. The van der Waals surface area contributed by atoms with Crippen LogP contribution in [-0.2, 0) is 46.4 Å². The number of carbonyl (C=O) groups excluding carboxylic acids is 4. The largest absolute Gasteiger partial charge is 0.495 e. The maximum Gasteiger partial charge on any atom is 0.347 e. The molecule has 2 fully saturated rings. The van der Waals surface area contributed by atoms with Crippen LogP contribution in [0.15, 0.2) is 54.6 Å². The van der Waals surface area contributed by atoms with Crippen molar-refractivity contribution >= 4 is 48.0 Å². The molecule has 0 bridgehead atoms. The van der Waals surface area contributed by atoms with E-state index >= 15 is 0 Å². The maximum absolute atomic E-state index is 13.8. The number of methoxy groups -OCH3 is 1. The van der Waals surface area contributed by atoms with E-state index in [1.807, 2.05) is 20.8 Å². The van der Waals surface area contributed by atoms with E-state index in [1.165, 1.54) is 18.7 Å². The van der Waals surface area contributed by atoms with Gasteiger partial charge in [-0.1, -0.05) is 68.8 Å². The molecule has 6 atom stereocenters. The summed E-state index contributed by atoms with van der Waals surface area (Å²) in [7, 11) is 1.51. The zero-order valence-corrected chi connectivity index (χ0v) is 37.4. The van der Waals surface area contributed by atoms with Crippen LogP contribution in [0.5, 0.6) is 5.75 Å². The Morgan fingerprint density at radius 3 is 2.25 bits per heavy atom. The minimum Gasteiger partial charge on any atom is -0.495 e. The van der Waals surface area contributed by atoms with Gasteiger partial charge in [0.25, 0.3) is 0 Å². The highest BCUT2D eigenvalue weighted by Crippen LogP contribution is 2.45. The zero-order valence-electron chi connectivity index (χ0n) is 35.8. The fraction of sp³-hybridized carbons (Fsp3) is 0.600. The van der Waals surface area contributed by atoms with E-state index in [0.717, 1.165) is 44.8 Å². The predicted molar refractivity (Wildman–Crippen MR) is 231 cm³/mol. The summed E-state index contributed by atoms with van der Waals surface area (Å²) in [4.78, 5) is 59.3. The number of amides is 2. The van der Waals surface area contributed by atoms with Crippen LogP contribution >= 0.6 is 24.2 Å². The average molecular weight is 856 g/mol. The van der Waals surface area contributed by atoms with Crippen molar-refractivity contribution in [2.24, 2.45) is 17.3 Å². The Hall–Kier alpha value is -3.62. The van der Waals surface area contributed by atoms with Crippen molar-refractivity contribution in [1.29, 1.82) is 0 Å². The van der Waals surface area contributed by atoms with Crippen molar-refractivity contribution in [3.63, 3.8) is 0 Å². The van der Waals surface area contributed by atoms with Gasteiger partial charge in [-0.15, -0.1) is 0 Å². The van der Waals surface area contributed by atoms with Crippen LogP contribution in [-0.4, -0.2) is 109 Å². The molecule has 2 amide bonds. The summed E-state index contributed by atoms with van der Waals surface area (Å²) >= 11 is 11.1. The normalized spacial score (nSPS) is 26.3. The molecule has 5 rings (SSSR count). The first-order valence-electron chi connectivity index (χ1n) is 20.7. The Balaban J connectivity index is 1.30. The molecule has 2 aromatic rings. The van der Waals surface area contributed by atoms with Gasteiger partial charge in [-0.05, 0) is 74.9 Å². The number of hydrogen-bond acceptors (Lipinski definition) is 11. The van der Waals surface area contributed by atoms with Gasteiger partial charge in [-0.25, -0.2) is 4.79 Å². The lowest BCUT2D eigenvalue weighted by molar-refractivity contribution is -0.179. The maximum atomic E-state index is 13.8. The number of carbonyl (C=O) groups is 4. The second kappa shape index (κ2) is 20.3. The van der Waals surface area contributed by atoms with Gasteiger partial charge in [0.2, 0.25) is 11.8 Å². The third-order valence-corrected chi connectivity index (χ3v) is 11.5. The number of esters is 2. The Kier molecular flexibility index (Phi) is 16.0. The Bertz CT molecular complexity index is 1810. The van der Waals surface area contributed by atoms with E-state index in [4.69, 9.17) is 43.2 Å². The van der Waals surface area contributed by atoms with Gasteiger partial charge in [0.1, 0.15) is 24.0 Å². The third-order valence-electron chi connectivity index (χ3n) is 11.1. The SMILES string of the molecule is COc1ccc(C[C@H]2NC(=O)/C=C/C[C@@H]([C@H](C)[C@@H]3O[C@@H]3c3ccc(CN4CCN(CC(C)(C)S)CC4)cc3)OC(=O)[C@H](CC(C)C)OC(=O)C(C)(C)CNC2=O)cc1Cl. The number of thiol groups is 1. The van der Waals surface area contributed by atoms with Gasteiger partial charge >= 0.3 is 11.9 Å². The summed E-state index contributed by atoms with van der Waals surface area (Å²) in [6.45, 7) is 19.2. The monoisotopic (exact) mass is 854 g/mol. The molecule has 3 aliphatic rings. The number of benzene rings is 2. The smallest absolute Gasteiger partial charge is 0.347 e. The van der Waals surface area contributed by atoms with Crippen LogP contribution in [0.1, 0.15) is 84.1 Å². The minimum absolute atomic E-state index is 0.00893. The summed E-state index contributed by atoms with van der Waals surface area (Å²) in [5.74, 6) is -2.11. The minimum atomic E-state index is -1.21. The number of ether oxygens (including phenoxy) is 4. The molecule has 14 heteroatoms. The first-order valence-corrected chi connectivity index (χ1v) is 21.5. The van der Waals surface area contributed by atoms with Crippen molar-refractivity contribution in [2.75, 3.05) is 46.4 Å². The number of nitrogens with one attached hydrogen (secondary N) is 2. The second-order valence-corrected chi connectivity index (χ2v) is 19.6. The first kappa shape index (κ1) is 46.4. The van der Waals surface area contributed by atoms with Crippen LogP contribution in [0.3, 0.4) is 0 Å². The molecule has 0 aromatic heterocycles. The molecule has 2 N–H and O–H groups in total. The van der Waals surface area contributed by atoms with Crippen molar-refractivity contribution in [3.05, 3.63) is 76.3 Å². The molecule has 2 aromatic carbocycles. The fourth-order valence-corrected chi connectivity index (χ4v) is 8.03. The number of rotatable bonds is 12. The highest BCUT2D eigenvalue weighted by molar-refractivity contribution is 7.81. The lowest BCUT2D eigenvalue weighted by Gasteiger charge is -2.37. The molecule has 12 nitrogen and oxygen atoms in total. The lowest BCUT2D eigenvalue weighted by atomic mass is 9.92. The van der Waals surface area contributed by atoms with E-state index in [2.05, 4.69) is 58.5 Å². The lowest BCUT2D eigenvalue weighted by Crippen LogP contribution is -2.51. The van der Waals surface area contributed by atoms with Gasteiger partial charge in [-0.3, -0.25) is 24.2 Å². The molecule has 0 aliphatic carbocycles. The van der Waals surface area contributed by atoms with Crippen molar-refractivity contribution in [3.8, 4) is 5.75 Å². The molecular formula is C45H63ClN4O8S. The standard InChI is InChI=1S/C45H63ClN4O8S/c1-28(2)22-37-42(53)56-35(29(3)39-40(58-39)32-15-12-30(13-16-32)25-49-18-20-50(21-19-49)27-45(6,7)59)10-9-11-38(51)48-34(24-31-14-17-36(55-8)33(46)23-31)41(52)47-26-44(4,5)43(54)57-37/h9,11-17,23,28-29,34-35,37,39-40,59H,10,18-22,24-27H2,1-8H3,(H,47,52)(H,48,51)/b11-9+/t29-,34+,35-,37-,39-,40+/m0/s1. The molecule has 0 radical (unpaired) electrons. The third kappa shape index (κ3) is 13.7. The number of piperazine rings is 1. The quantitative estimate of drug-likeness (QED) is 0.134. The molecule has 59 heavy (non-hydrogen) atoms. The van der Waals surface area contributed by atoms with E-state index < -0.39 is 47.4 Å². The van der Waals surface area contributed by atoms with Crippen LogP contribution in [0, 0.1) is 17.3 Å². The molecule has 0 spiro atoms. The van der Waals surface area contributed by atoms with Crippen molar-refractivity contribution in [1.82, 2.24) is 20.4 Å². The van der Waals surface area contributed by atoms with Gasteiger partial charge in [0, 0.05) is 69.3 Å². The topological polar surface area (TPSA) is 139 Å². The Morgan fingerprint density at radius 1 is 0.966 bits per heavy atom. The van der Waals surface area contributed by atoms with Crippen LogP contribution in [0.2, 0.25) is 5.02 Å². The molecule has 324 valence electrons. The highest BCUT2D eigenvalue weighted by Gasteiger charge is 2.48. The fourth-order valence-electron chi connectivity index (χ4n) is 7.55. The van der Waals surface area contributed by atoms with Gasteiger partial charge in [0.15, 0.2) is 6.10 Å². The van der Waals surface area contributed by atoms with Crippen LogP contribution < -0.4 is 15.4 Å². The summed E-state index contributed by atoms with van der Waals surface area (Å²) in [5.41, 5.74) is 1.76.